The summed E-state index contributed by atoms with van der Waals surface area (Å²) in [5.41, 5.74) is 3.77. The van der Waals surface area contributed by atoms with Gasteiger partial charge in [-0.25, -0.2) is 8.78 Å². The van der Waals surface area contributed by atoms with Crippen LogP contribution in [0.1, 0.15) is 30.0 Å². The summed E-state index contributed by atoms with van der Waals surface area (Å²) >= 11 is 1.53. The molecule has 0 bridgehead atoms. The van der Waals surface area contributed by atoms with Gasteiger partial charge < -0.3 is 4.74 Å². The molecule has 0 radical (unpaired) electrons. The highest BCUT2D eigenvalue weighted by Gasteiger charge is 2.16. The van der Waals surface area contributed by atoms with Crippen LogP contribution in [0.2, 0.25) is 0 Å². The van der Waals surface area contributed by atoms with Crippen LogP contribution in [0.15, 0.2) is 85.1 Å². The van der Waals surface area contributed by atoms with Crippen molar-refractivity contribution in [3.05, 3.63) is 113 Å². The molecular weight excluding hydrogens is 516 g/mol. The fraction of sp³-hybridized carbons (Fsp3) is 0.156. The predicted molar refractivity (Wildman–Crippen MR) is 149 cm³/mol. The summed E-state index contributed by atoms with van der Waals surface area (Å²) in [6.07, 6.45) is 1.96. The lowest BCUT2D eigenvalue weighted by Gasteiger charge is -2.09. The van der Waals surface area contributed by atoms with Gasteiger partial charge in [0.05, 0.1) is 16.6 Å². The summed E-state index contributed by atoms with van der Waals surface area (Å²) in [7, 11) is 0. The summed E-state index contributed by atoms with van der Waals surface area (Å²) in [4.78, 5) is 30.1. The van der Waals surface area contributed by atoms with Crippen LogP contribution in [-0.4, -0.2) is 16.6 Å². The van der Waals surface area contributed by atoms with Crippen LogP contribution in [0, 0.1) is 11.6 Å². The number of carbonyl (C=O) groups excluding carboxylic acids is 2. The Hall–Kier alpha value is -4.23. The number of ketones is 2. The Balaban J connectivity index is 1.27. The second kappa shape index (κ2) is 11.7. The van der Waals surface area contributed by atoms with Crippen molar-refractivity contribution >= 4 is 33.1 Å². The molecule has 39 heavy (non-hydrogen) atoms. The van der Waals surface area contributed by atoms with Crippen molar-refractivity contribution in [1.82, 2.24) is 4.98 Å². The molecule has 0 amide bonds. The van der Waals surface area contributed by atoms with Gasteiger partial charge in [-0.05, 0) is 52.9 Å². The van der Waals surface area contributed by atoms with Gasteiger partial charge in [0.2, 0.25) is 0 Å². The molecule has 0 fully saturated rings. The molecular formula is C32H25F2NO3S. The van der Waals surface area contributed by atoms with E-state index < -0.39 is 11.6 Å². The lowest BCUT2D eigenvalue weighted by Crippen LogP contribution is -2.13. The molecule has 2 aromatic heterocycles. The first kappa shape index (κ1) is 26.4. The molecule has 0 aliphatic heterocycles. The number of halogens is 2. The van der Waals surface area contributed by atoms with Gasteiger partial charge in [0.1, 0.15) is 23.1 Å². The van der Waals surface area contributed by atoms with Gasteiger partial charge in [-0.2, -0.15) is 0 Å². The number of pyridine rings is 1. The maximum atomic E-state index is 15.0. The van der Waals surface area contributed by atoms with E-state index in [-0.39, 0.29) is 42.1 Å². The second-order valence-corrected chi connectivity index (χ2v) is 10.3. The van der Waals surface area contributed by atoms with E-state index in [4.69, 9.17) is 4.74 Å². The molecule has 4 nitrogen and oxygen atoms in total. The zero-order valence-corrected chi connectivity index (χ0v) is 22.1. The Labute approximate surface area is 228 Å². The van der Waals surface area contributed by atoms with Crippen molar-refractivity contribution in [1.29, 1.82) is 0 Å². The van der Waals surface area contributed by atoms with Crippen LogP contribution in [0.5, 0.6) is 11.5 Å². The number of hydrogen-bond donors (Lipinski definition) is 0. The molecule has 0 aliphatic rings. The van der Waals surface area contributed by atoms with Crippen LogP contribution in [-0.2, 0) is 28.9 Å². The maximum absolute atomic E-state index is 15.0. The average Bonchev–Trinajstić information content (AvgIpc) is 3.37. The number of aryl methyl sites for hydroxylation is 1. The molecule has 0 aliphatic carbocycles. The predicted octanol–water partition coefficient (Wildman–Crippen LogP) is 7.91. The van der Waals surface area contributed by atoms with Crippen molar-refractivity contribution in [2.45, 2.75) is 32.6 Å². The fourth-order valence-corrected chi connectivity index (χ4v) is 5.43. The first-order valence-electron chi connectivity index (χ1n) is 12.6. The van der Waals surface area contributed by atoms with E-state index in [0.717, 1.165) is 27.1 Å². The number of thiophene rings is 1. The number of Topliss-reactive ketones (excluding diaryl/α,β-unsaturated/α-hetero) is 2. The molecule has 196 valence electrons. The van der Waals surface area contributed by atoms with Gasteiger partial charge in [0.25, 0.3) is 0 Å². The topological polar surface area (TPSA) is 56.3 Å². The number of aromatic nitrogens is 1. The van der Waals surface area contributed by atoms with E-state index in [2.05, 4.69) is 30.1 Å². The van der Waals surface area contributed by atoms with Gasteiger partial charge in [-0.15, -0.1) is 11.3 Å². The molecule has 0 unspecified atom stereocenters. The van der Waals surface area contributed by atoms with Gasteiger partial charge in [0.15, 0.2) is 11.6 Å². The molecule has 7 heteroatoms. The third-order valence-corrected chi connectivity index (χ3v) is 7.54. The third kappa shape index (κ3) is 6.26. The highest BCUT2D eigenvalue weighted by molar-refractivity contribution is 7.22. The lowest BCUT2D eigenvalue weighted by molar-refractivity contribution is -0.126. The number of rotatable bonds is 10. The number of carbonyl (C=O) groups is 2. The van der Waals surface area contributed by atoms with E-state index in [1.807, 2.05) is 12.1 Å². The zero-order valence-electron chi connectivity index (χ0n) is 21.2. The van der Waals surface area contributed by atoms with Crippen molar-refractivity contribution in [3.63, 3.8) is 0 Å². The Morgan fingerprint density at radius 1 is 0.821 bits per heavy atom. The first-order valence-corrected chi connectivity index (χ1v) is 13.4. The Bertz CT molecular complexity index is 1680. The lowest BCUT2D eigenvalue weighted by atomic mass is 10.0. The van der Waals surface area contributed by atoms with Gasteiger partial charge in [-0.3, -0.25) is 14.6 Å². The Kier molecular flexibility index (Phi) is 7.89. The minimum absolute atomic E-state index is 0.0252. The molecule has 3 aromatic carbocycles. The summed E-state index contributed by atoms with van der Waals surface area (Å²) in [5.74, 6) is -1.33. The van der Waals surface area contributed by atoms with E-state index in [1.165, 1.54) is 47.2 Å². The van der Waals surface area contributed by atoms with Gasteiger partial charge in [0, 0.05) is 30.0 Å². The number of benzene rings is 3. The highest BCUT2D eigenvalue weighted by atomic mass is 32.1. The molecule has 0 saturated heterocycles. The summed E-state index contributed by atoms with van der Waals surface area (Å²) in [5, 5.41) is 0. The molecule has 0 atom stereocenters. The average molecular weight is 542 g/mol. The van der Waals surface area contributed by atoms with Crippen molar-refractivity contribution in [2.24, 2.45) is 0 Å². The Morgan fingerprint density at radius 2 is 1.64 bits per heavy atom. The Morgan fingerprint density at radius 3 is 2.44 bits per heavy atom. The quantitative estimate of drug-likeness (QED) is 0.169. The number of ether oxygens (including phenoxy) is 1. The smallest absolute Gasteiger partial charge is 0.166 e. The van der Waals surface area contributed by atoms with Gasteiger partial charge >= 0.3 is 0 Å². The monoisotopic (exact) mass is 541 g/mol. The SMILES string of the molecule is CCc1cccc(-c2cc3nccc(Oc4ccc(CC(=O)CC(=O)Cc5ccccc5F)cc4F)c3s2)c1. The van der Waals surface area contributed by atoms with E-state index >= 15 is 0 Å². The minimum Gasteiger partial charge on any atom is -0.453 e. The van der Waals surface area contributed by atoms with E-state index in [9.17, 15) is 18.4 Å². The first-order chi connectivity index (χ1) is 18.9. The van der Waals surface area contributed by atoms with Crippen LogP contribution in [0.4, 0.5) is 8.78 Å². The summed E-state index contributed by atoms with van der Waals surface area (Å²) < 4.78 is 35.5. The number of fused-ring (bicyclic) bond motifs is 1. The standard InChI is InChI=1S/C32H25F2NO3S/c1-2-20-6-5-8-23(14-20)31-19-28-32(39-31)30(12-13-35-28)38-29-11-10-21(16-27(29)34)15-24(36)18-25(37)17-22-7-3-4-9-26(22)33/h3-14,16,19H,2,15,17-18H2,1H3. The van der Waals surface area contributed by atoms with Crippen molar-refractivity contribution < 1.29 is 23.1 Å². The largest absolute Gasteiger partial charge is 0.453 e. The fourth-order valence-electron chi connectivity index (χ4n) is 4.36. The maximum Gasteiger partial charge on any atom is 0.166 e. The molecule has 2 heterocycles. The normalized spacial score (nSPS) is 11.1. The van der Waals surface area contributed by atoms with Crippen molar-refractivity contribution in [3.8, 4) is 21.9 Å². The highest BCUT2D eigenvalue weighted by Crippen LogP contribution is 2.39. The summed E-state index contributed by atoms with van der Waals surface area (Å²) in [6, 6.07) is 22.3. The molecule has 0 spiro atoms. The van der Waals surface area contributed by atoms with E-state index in [1.54, 1.807) is 24.4 Å². The molecule has 5 aromatic rings. The van der Waals surface area contributed by atoms with Crippen molar-refractivity contribution in [2.75, 3.05) is 0 Å². The molecule has 0 saturated carbocycles. The third-order valence-electron chi connectivity index (χ3n) is 6.35. The van der Waals surface area contributed by atoms with Crippen LogP contribution >= 0.6 is 11.3 Å². The van der Waals surface area contributed by atoms with Crippen LogP contribution in [0.25, 0.3) is 20.7 Å². The van der Waals surface area contributed by atoms with Crippen LogP contribution < -0.4 is 4.74 Å². The minimum atomic E-state index is -0.615. The zero-order chi connectivity index (χ0) is 27.4. The molecule has 0 N–H and O–H groups in total. The number of nitrogens with zero attached hydrogens (tertiary/aromatic N) is 1. The van der Waals surface area contributed by atoms with E-state index in [0.29, 0.717) is 11.3 Å². The van der Waals surface area contributed by atoms with Gasteiger partial charge in [-0.1, -0.05) is 55.5 Å². The summed E-state index contributed by atoms with van der Waals surface area (Å²) in [6.45, 7) is 2.11. The molecule has 5 rings (SSSR count). The van der Waals surface area contributed by atoms with Crippen LogP contribution in [0.3, 0.4) is 0 Å². The number of hydrogen-bond acceptors (Lipinski definition) is 5. The second-order valence-electron chi connectivity index (χ2n) is 9.25.